The minimum atomic E-state index is -0.334. The largest absolute Gasteiger partial charge is 0.495 e. The molecule has 2 N–H and O–H groups in total. The van der Waals surface area contributed by atoms with Crippen molar-refractivity contribution in [2.24, 2.45) is 5.92 Å². The molecule has 0 amide bonds. The molecule has 0 saturated carbocycles. The molecular weight excluding hydrogens is 203 g/mol. The van der Waals surface area contributed by atoms with E-state index in [1.54, 1.807) is 12.3 Å². The van der Waals surface area contributed by atoms with Gasteiger partial charge in [0.2, 0.25) is 0 Å². The molecule has 2 heterocycles. The van der Waals surface area contributed by atoms with Gasteiger partial charge in [0.25, 0.3) is 0 Å². The van der Waals surface area contributed by atoms with Crippen molar-refractivity contribution in [1.29, 1.82) is 0 Å². The molecule has 1 aromatic heterocycles. The summed E-state index contributed by atoms with van der Waals surface area (Å²) < 4.78 is 11.6. The minimum absolute atomic E-state index is 0.176. The van der Waals surface area contributed by atoms with Crippen molar-refractivity contribution < 1.29 is 9.31 Å². The van der Waals surface area contributed by atoms with Crippen molar-refractivity contribution in [1.82, 2.24) is 4.98 Å². The SMILES string of the molecule is CC1COB(c2ccc(N)nc2)OC1(C)C. The van der Waals surface area contributed by atoms with Gasteiger partial charge >= 0.3 is 7.12 Å². The van der Waals surface area contributed by atoms with Gasteiger partial charge in [-0.15, -0.1) is 0 Å². The van der Waals surface area contributed by atoms with Crippen LogP contribution in [0.5, 0.6) is 0 Å². The number of pyridine rings is 1. The van der Waals surface area contributed by atoms with Crippen molar-refractivity contribution in [3.8, 4) is 0 Å². The second-order valence-electron chi connectivity index (χ2n) is 4.80. The molecule has 0 bridgehead atoms. The lowest BCUT2D eigenvalue weighted by molar-refractivity contribution is -0.0367. The van der Waals surface area contributed by atoms with Gasteiger partial charge in [0, 0.05) is 24.2 Å². The van der Waals surface area contributed by atoms with E-state index < -0.39 is 0 Å². The number of aromatic nitrogens is 1. The summed E-state index contributed by atoms with van der Waals surface area (Å²) in [6, 6.07) is 3.64. The molecule has 4 nitrogen and oxygen atoms in total. The van der Waals surface area contributed by atoms with E-state index in [0.717, 1.165) is 5.46 Å². The highest BCUT2D eigenvalue weighted by Gasteiger charge is 2.39. The van der Waals surface area contributed by atoms with Gasteiger partial charge in [-0.05, 0) is 19.9 Å². The second-order valence-corrected chi connectivity index (χ2v) is 4.80. The molecular formula is C11H17BN2O2. The molecule has 1 aliphatic heterocycles. The Morgan fingerprint density at radius 2 is 2.25 bits per heavy atom. The van der Waals surface area contributed by atoms with Gasteiger partial charge in [0.1, 0.15) is 5.82 Å². The van der Waals surface area contributed by atoms with Crippen molar-refractivity contribution in [3.05, 3.63) is 18.3 Å². The summed E-state index contributed by atoms with van der Waals surface area (Å²) in [5.41, 5.74) is 6.27. The predicted octanol–water partition coefficient (Wildman–Crippen LogP) is 0.820. The van der Waals surface area contributed by atoms with Crippen LogP contribution in [0.2, 0.25) is 0 Å². The first-order chi connectivity index (χ1) is 7.49. The van der Waals surface area contributed by atoms with E-state index in [9.17, 15) is 0 Å². The highest BCUT2D eigenvalue weighted by Crippen LogP contribution is 2.26. The summed E-state index contributed by atoms with van der Waals surface area (Å²) in [5.74, 6) is 0.887. The monoisotopic (exact) mass is 220 g/mol. The molecule has 1 saturated heterocycles. The Labute approximate surface area is 96.3 Å². The molecule has 0 spiro atoms. The van der Waals surface area contributed by atoms with Crippen molar-refractivity contribution in [3.63, 3.8) is 0 Å². The fourth-order valence-corrected chi connectivity index (χ4v) is 1.58. The highest BCUT2D eigenvalue weighted by molar-refractivity contribution is 6.61. The Morgan fingerprint density at radius 1 is 1.50 bits per heavy atom. The molecule has 0 radical (unpaired) electrons. The molecule has 5 heteroatoms. The van der Waals surface area contributed by atoms with E-state index in [1.807, 2.05) is 6.07 Å². The summed E-state index contributed by atoms with van der Waals surface area (Å²) in [7, 11) is -0.334. The summed E-state index contributed by atoms with van der Waals surface area (Å²) in [4.78, 5) is 4.04. The number of hydrogen-bond acceptors (Lipinski definition) is 4. The van der Waals surface area contributed by atoms with E-state index >= 15 is 0 Å². The van der Waals surface area contributed by atoms with Gasteiger partial charge < -0.3 is 15.0 Å². The summed E-state index contributed by atoms with van der Waals surface area (Å²) in [5, 5.41) is 0. The average molecular weight is 220 g/mol. The molecule has 1 unspecified atom stereocenters. The van der Waals surface area contributed by atoms with Crippen LogP contribution in [-0.2, 0) is 9.31 Å². The first kappa shape index (κ1) is 11.4. The zero-order valence-corrected chi connectivity index (χ0v) is 9.93. The Kier molecular flexibility index (Phi) is 2.91. The lowest BCUT2D eigenvalue weighted by atomic mass is 9.75. The van der Waals surface area contributed by atoms with Crippen LogP contribution in [0.3, 0.4) is 0 Å². The third-order valence-electron chi connectivity index (χ3n) is 3.18. The maximum Gasteiger partial charge on any atom is 0.495 e. The Hall–Kier alpha value is -1.07. The molecule has 16 heavy (non-hydrogen) atoms. The highest BCUT2D eigenvalue weighted by atomic mass is 16.6. The quantitative estimate of drug-likeness (QED) is 0.712. The Balaban J connectivity index is 2.14. The normalized spacial score (nSPS) is 24.4. The summed E-state index contributed by atoms with van der Waals surface area (Å²) in [6.45, 7) is 6.98. The summed E-state index contributed by atoms with van der Waals surface area (Å²) >= 11 is 0. The van der Waals surface area contributed by atoms with Crippen molar-refractivity contribution >= 4 is 18.4 Å². The predicted molar refractivity (Wildman–Crippen MR) is 64.3 cm³/mol. The van der Waals surface area contributed by atoms with Crippen LogP contribution < -0.4 is 11.2 Å². The number of nitrogens with zero attached hydrogens (tertiary/aromatic N) is 1. The zero-order valence-electron chi connectivity index (χ0n) is 9.93. The van der Waals surface area contributed by atoms with E-state index in [1.165, 1.54) is 0 Å². The first-order valence-corrected chi connectivity index (χ1v) is 5.50. The van der Waals surface area contributed by atoms with E-state index in [2.05, 4.69) is 25.8 Å². The maximum atomic E-state index is 5.91. The van der Waals surface area contributed by atoms with Gasteiger partial charge in [0.15, 0.2) is 0 Å². The lowest BCUT2D eigenvalue weighted by Gasteiger charge is -2.39. The van der Waals surface area contributed by atoms with Crippen LogP contribution in [0.1, 0.15) is 20.8 Å². The number of nitrogen functional groups attached to an aromatic ring is 1. The van der Waals surface area contributed by atoms with Crippen LogP contribution in [0.15, 0.2) is 18.3 Å². The molecule has 0 aliphatic carbocycles. The van der Waals surface area contributed by atoms with Crippen LogP contribution in [0.25, 0.3) is 0 Å². The minimum Gasteiger partial charge on any atom is -0.407 e. The topological polar surface area (TPSA) is 57.4 Å². The Bertz CT molecular complexity index is 367. The van der Waals surface area contributed by atoms with E-state index in [-0.39, 0.29) is 12.7 Å². The maximum absolute atomic E-state index is 5.91. The standard InChI is InChI=1S/C11H17BN2O2/c1-8-7-15-12(16-11(8,2)3)9-4-5-10(13)14-6-9/h4-6,8H,7H2,1-3H3,(H2,13,14). The molecule has 1 fully saturated rings. The number of rotatable bonds is 1. The molecule has 1 aliphatic rings. The van der Waals surface area contributed by atoms with Crippen molar-refractivity contribution in [2.45, 2.75) is 26.4 Å². The van der Waals surface area contributed by atoms with Gasteiger partial charge in [-0.25, -0.2) is 4.98 Å². The Morgan fingerprint density at radius 3 is 2.81 bits per heavy atom. The van der Waals surface area contributed by atoms with E-state index in [0.29, 0.717) is 18.3 Å². The molecule has 1 aromatic rings. The van der Waals surface area contributed by atoms with Crippen LogP contribution in [0.4, 0.5) is 5.82 Å². The molecule has 1 atom stereocenters. The number of anilines is 1. The fourth-order valence-electron chi connectivity index (χ4n) is 1.58. The van der Waals surface area contributed by atoms with Crippen LogP contribution >= 0.6 is 0 Å². The van der Waals surface area contributed by atoms with E-state index in [4.69, 9.17) is 15.0 Å². The molecule has 2 rings (SSSR count). The van der Waals surface area contributed by atoms with Crippen LogP contribution in [0, 0.1) is 5.92 Å². The third-order valence-corrected chi connectivity index (χ3v) is 3.18. The third kappa shape index (κ3) is 2.20. The fraction of sp³-hybridized carbons (Fsp3) is 0.545. The summed E-state index contributed by atoms with van der Waals surface area (Å²) in [6.07, 6.45) is 1.70. The smallest absolute Gasteiger partial charge is 0.407 e. The van der Waals surface area contributed by atoms with Crippen molar-refractivity contribution in [2.75, 3.05) is 12.3 Å². The van der Waals surface area contributed by atoms with Gasteiger partial charge in [0.05, 0.1) is 5.60 Å². The van der Waals surface area contributed by atoms with Gasteiger partial charge in [-0.3, -0.25) is 0 Å². The van der Waals surface area contributed by atoms with Crippen LogP contribution in [-0.4, -0.2) is 24.3 Å². The van der Waals surface area contributed by atoms with Gasteiger partial charge in [-0.1, -0.05) is 13.0 Å². The zero-order chi connectivity index (χ0) is 11.8. The first-order valence-electron chi connectivity index (χ1n) is 5.50. The second kappa shape index (κ2) is 4.07. The average Bonchev–Trinajstić information content (AvgIpc) is 2.23. The number of nitrogens with two attached hydrogens (primary N) is 1. The molecule has 0 aromatic carbocycles. The number of hydrogen-bond donors (Lipinski definition) is 1. The molecule has 86 valence electrons. The van der Waals surface area contributed by atoms with Gasteiger partial charge in [-0.2, -0.15) is 0 Å². The lowest BCUT2D eigenvalue weighted by Crippen LogP contribution is -2.53.